The Balaban J connectivity index is 1.48. The lowest BCUT2D eigenvalue weighted by Crippen LogP contribution is -2.41. The van der Waals surface area contributed by atoms with Gasteiger partial charge in [-0.05, 0) is 47.9 Å². The SMILES string of the molecule is COCCCNC(=O)c1ccc(C(=O)Nc2ccc(-c3ccccc3)cc2)cc1NC(=O)CN1CCOCC1. The number of nitrogens with one attached hydrogen (secondary N) is 3. The number of hydrogen-bond donors (Lipinski definition) is 3. The Kier molecular flexibility index (Phi) is 10.2. The summed E-state index contributed by atoms with van der Waals surface area (Å²) in [5, 5.41) is 8.57. The molecule has 1 saturated heterocycles. The van der Waals surface area contributed by atoms with E-state index in [9.17, 15) is 14.4 Å². The molecule has 0 unspecified atom stereocenters. The molecule has 1 aliphatic heterocycles. The van der Waals surface area contributed by atoms with Gasteiger partial charge in [0, 0.05) is 44.6 Å². The topological polar surface area (TPSA) is 109 Å². The van der Waals surface area contributed by atoms with E-state index in [-0.39, 0.29) is 35.5 Å². The van der Waals surface area contributed by atoms with E-state index in [1.807, 2.05) is 59.5 Å². The molecule has 1 aliphatic rings. The molecule has 0 atom stereocenters. The summed E-state index contributed by atoms with van der Waals surface area (Å²) in [6.07, 6.45) is 0.657. The third-order valence-corrected chi connectivity index (χ3v) is 6.33. The maximum Gasteiger partial charge on any atom is 0.255 e. The zero-order chi connectivity index (χ0) is 27.5. The molecule has 0 radical (unpaired) electrons. The first-order valence-electron chi connectivity index (χ1n) is 13.0. The number of carbonyl (C=O) groups is 3. The van der Waals surface area contributed by atoms with Gasteiger partial charge in [-0.1, -0.05) is 42.5 Å². The summed E-state index contributed by atoms with van der Waals surface area (Å²) in [7, 11) is 1.60. The largest absolute Gasteiger partial charge is 0.385 e. The van der Waals surface area contributed by atoms with Gasteiger partial charge in [0.05, 0.1) is 31.0 Å². The van der Waals surface area contributed by atoms with Gasteiger partial charge in [-0.3, -0.25) is 19.3 Å². The highest BCUT2D eigenvalue weighted by Crippen LogP contribution is 2.23. The Bertz CT molecular complexity index is 1260. The van der Waals surface area contributed by atoms with Crippen LogP contribution in [0.1, 0.15) is 27.1 Å². The molecule has 204 valence electrons. The van der Waals surface area contributed by atoms with Crippen LogP contribution in [0.4, 0.5) is 11.4 Å². The van der Waals surface area contributed by atoms with Crippen molar-refractivity contribution >= 4 is 29.1 Å². The molecular formula is C30H34N4O5. The molecule has 0 aliphatic carbocycles. The summed E-state index contributed by atoms with van der Waals surface area (Å²) < 4.78 is 10.4. The molecule has 0 spiro atoms. The predicted octanol–water partition coefficient (Wildman–Crippen LogP) is 3.64. The fourth-order valence-electron chi connectivity index (χ4n) is 4.23. The summed E-state index contributed by atoms with van der Waals surface area (Å²) in [5.74, 6) is -0.950. The monoisotopic (exact) mass is 530 g/mol. The number of nitrogens with zero attached hydrogens (tertiary/aromatic N) is 1. The van der Waals surface area contributed by atoms with Crippen molar-refractivity contribution in [3.05, 3.63) is 83.9 Å². The molecule has 9 heteroatoms. The van der Waals surface area contributed by atoms with Crippen molar-refractivity contribution in [2.24, 2.45) is 0 Å². The summed E-state index contributed by atoms with van der Waals surface area (Å²) in [6.45, 7) is 3.58. The molecule has 3 N–H and O–H groups in total. The maximum absolute atomic E-state index is 13.1. The van der Waals surface area contributed by atoms with Crippen molar-refractivity contribution in [3.8, 4) is 11.1 Å². The minimum absolute atomic E-state index is 0.169. The van der Waals surface area contributed by atoms with E-state index in [1.54, 1.807) is 19.2 Å². The number of hydrogen-bond acceptors (Lipinski definition) is 6. The molecule has 0 bridgehead atoms. The zero-order valence-electron chi connectivity index (χ0n) is 22.1. The molecule has 0 saturated carbocycles. The van der Waals surface area contributed by atoms with Gasteiger partial charge in [0.2, 0.25) is 5.91 Å². The summed E-state index contributed by atoms with van der Waals surface area (Å²) in [5.41, 5.74) is 3.65. The first-order chi connectivity index (χ1) is 19.0. The molecule has 3 aromatic carbocycles. The Labute approximate surface area is 228 Å². The lowest BCUT2D eigenvalue weighted by molar-refractivity contribution is -0.118. The van der Waals surface area contributed by atoms with Gasteiger partial charge < -0.3 is 25.4 Å². The molecule has 0 aromatic heterocycles. The summed E-state index contributed by atoms with van der Waals surface area (Å²) >= 11 is 0. The van der Waals surface area contributed by atoms with Crippen molar-refractivity contribution in [2.45, 2.75) is 6.42 Å². The average molecular weight is 531 g/mol. The van der Waals surface area contributed by atoms with E-state index >= 15 is 0 Å². The van der Waals surface area contributed by atoms with Crippen LogP contribution in [0, 0.1) is 0 Å². The van der Waals surface area contributed by atoms with Crippen molar-refractivity contribution in [1.29, 1.82) is 0 Å². The van der Waals surface area contributed by atoms with Crippen LogP contribution in [0.5, 0.6) is 0 Å². The predicted molar refractivity (Wildman–Crippen MR) is 151 cm³/mol. The van der Waals surface area contributed by atoms with Gasteiger partial charge in [-0.2, -0.15) is 0 Å². The van der Waals surface area contributed by atoms with Crippen LogP contribution in [0.2, 0.25) is 0 Å². The number of ether oxygens (including phenoxy) is 2. The molecule has 1 heterocycles. The van der Waals surface area contributed by atoms with Crippen LogP contribution in [-0.4, -0.2) is 75.7 Å². The molecule has 39 heavy (non-hydrogen) atoms. The lowest BCUT2D eigenvalue weighted by Gasteiger charge is -2.26. The van der Waals surface area contributed by atoms with Crippen LogP contribution < -0.4 is 16.0 Å². The second-order valence-corrected chi connectivity index (χ2v) is 9.20. The first kappa shape index (κ1) is 28.0. The van der Waals surface area contributed by atoms with E-state index in [2.05, 4.69) is 16.0 Å². The smallest absolute Gasteiger partial charge is 0.255 e. The van der Waals surface area contributed by atoms with E-state index in [0.717, 1.165) is 11.1 Å². The second kappa shape index (κ2) is 14.2. The van der Waals surface area contributed by atoms with E-state index in [1.165, 1.54) is 6.07 Å². The Morgan fingerprint density at radius 1 is 0.872 bits per heavy atom. The molecule has 4 rings (SSSR count). The van der Waals surface area contributed by atoms with E-state index in [0.29, 0.717) is 57.1 Å². The van der Waals surface area contributed by atoms with E-state index < -0.39 is 0 Å². The van der Waals surface area contributed by atoms with Crippen molar-refractivity contribution in [1.82, 2.24) is 10.2 Å². The molecule has 1 fully saturated rings. The van der Waals surface area contributed by atoms with Gasteiger partial charge in [0.25, 0.3) is 11.8 Å². The minimum atomic E-state index is -0.349. The molecule has 3 aromatic rings. The van der Waals surface area contributed by atoms with E-state index in [4.69, 9.17) is 9.47 Å². The summed E-state index contributed by atoms with van der Waals surface area (Å²) in [4.78, 5) is 40.8. The number of morpholine rings is 1. The van der Waals surface area contributed by atoms with Gasteiger partial charge >= 0.3 is 0 Å². The molecular weight excluding hydrogens is 496 g/mol. The van der Waals surface area contributed by atoms with Crippen molar-refractivity contribution in [3.63, 3.8) is 0 Å². The van der Waals surface area contributed by atoms with Crippen molar-refractivity contribution in [2.75, 3.05) is 63.7 Å². The molecule has 3 amide bonds. The van der Waals surface area contributed by atoms with Crippen LogP contribution in [0.25, 0.3) is 11.1 Å². The number of carbonyl (C=O) groups excluding carboxylic acids is 3. The van der Waals surface area contributed by atoms with Crippen molar-refractivity contribution < 1.29 is 23.9 Å². The lowest BCUT2D eigenvalue weighted by atomic mass is 10.1. The standard InChI is InChI=1S/C30H34N4O5/c1-38-17-5-14-31-30(37)26-13-10-24(20-27(26)33-28(35)21-34-15-18-39-19-16-34)29(36)32-25-11-8-23(9-12-25)22-6-3-2-4-7-22/h2-4,6-13,20H,5,14-19,21H2,1H3,(H,31,37)(H,32,36)(H,33,35). The van der Waals surface area contributed by atoms with Crippen LogP contribution >= 0.6 is 0 Å². The van der Waals surface area contributed by atoms with Gasteiger partial charge in [-0.15, -0.1) is 0 Å². The summed E-state index contributed by atoms with van der Waals surface area (Å²) in [6, 6.07) is 22.2. The Hall–Kier alpha value is -4.05. The van der Waals surface area contributed by atoms with Gasteiger partial charge in [0.15, 0.2) is 0 Å². The highest BCUT2D eigenvalue weighted by atomic mass is 16.5. The Morgan fingerprint density at radius 2 is 1.59 bits per heavy atom. The quantitative estimate of drug-likeness (QED) is 0.327. The van der Waals surface area contributed by atoms with Crippen LogP contribution in [0.15, 0.2) is 72.8 Å². The third-order valence-electron chi connectivity index (χ3n) is 6.33. The normalized spacial score (nSPS) is 13.5. The van der Waals surface area contributed by atoms with Crippen LogP contribution in [0.3, 0.4) is 0 Å². The highest BCUT2D eigenvalue weighted by Gasteiger charge is 2.19. The minimum Gasteiger partial charge on any atom is -0.385 e. The second-order valence-electron chi connectivity index (χ2n) is 9.20. The van der Waals surface area contributed by atoms with Gasteiger partial charge in [-0.25, -0.2) is 0 Å². The fraction of sp³-hybridized carbons (Fsp3) is 0.300. The number of amides is 3. The number of benzene rings is 3. The van der Waals surface area contributed by atoms with Gasteiger partial charge in [0.1, 0.15) is 0 Å². The maximum atomic E-state index is 13.1. The zero-order valence-corrected chi connectivity index (χ0v) is 22.1. The fourth-order valence-corrected chi connectivity index (χ4v) is 4.23. The number of anilines is 2. The third kappa shape index (κ3) is 8.22. The van der Waals surface area contributed by atoms with Crippen LogP contribution in [-0.2, 0) is 14.3 Å². The highest BCUT2D eigenvalue weighted by molar-refractivity contribution is 6.09. The molecule has 9 nitrogen and oxygen atoms in total. The first-order valence-corrected chi connectivity index (χ1v) is 13.0. The number of rotatable bonds is 11. The number of methoxy groups -OCH3 is 1. The average Bonchev–Trinajstić information content (AvgIpc) is 2.96. The Morgan fingerprint density at radius 3 is 2.31 bits per heavy atom.